The first kappa shape index (κ1) is 20.8. The molecule has 1 aromatic carbocycles. The van der Waals surface area contributed by atoms with Gasteiger partial charge in [0.15, 0.2) is 0 Å². The summed E-state index contributed by atoms with van der Waals surface area (Å²) in [5, 5.41) is 7.30. The van der Waals surface area contributed by atoms with Gasteiger partial charge in [-0.05, 0) is 43.0 Å². The maximum Gasteiger partial charge on any atom is 0.267 e. The van der Waals surface area contributed by atoms with Crippen molar-refractivity contribution in [1.29, 1.82) is 0 Å². The van der Waals surface area contributed by atoms with Crippen molar-refractivity contribution in [3.63, 3.8) is 0 Å². The third kappa shape index (κ3) is 4.06. The Hall–Kier alpha value is -2.45. The lowest BCUT2D eigenvalue weighted by Gasteiger charge is -2.33. The smallest absolute Gasteiger partial charge is 0.267 e. The van der Waals surface area contributed by atoms with Crippen LogP contribution in [-0.4, -0.2) is 53.6 Å². The van der Waals surface area contributed by atoms with Gasteiger partial charge in [0.1, 0.15) is 0 Å². The molecule has 2 aliphatic rings. The quantitative estimate of drug-likeness (QED) is 0.753. The number of hydrogen-bond donors (Lipinski definition) is 2. The first-order chi connectivity index (χ1) is 14.1. The zero-order chi connectivity index (χ0) is 21.6. The summed E-state index contributed by atoms with van der Waals surface area (Å²) in [7, 11) is 1.96. The largest absolute Gasteiger partial charge is 0.350 e. The van der Waals surface area contributed by atoms with Gasteiger partial charge in [0, 0.05) is 31.2 Å². The molecule has 2 aromatic rings. The third-order valence-electron chi connectivity index (χ3n) is 5.21. The number of fused-ring (bicyclic) bond motifs is 1. The second-order valence-corrected chi connectivity index (χ2v) is 9.68. The number of nitrogens with one attached hydrogen (secondary N) is 2. The average Bonchev–Trinajstić information content (AvgIpc) is 3.16. The van der Waals surface area contributed by atoms with Crippen molar-refractivity contribution in [2.75, 3.05) is 41.8 Å². The van der Waals surface area contributed by atoms with Crippen LogP contribution < -0.4 is 20.4 Å². The second kappa shape index (κ2) is 7.67. The van der Waals surface area contributed by atoms with E-state index in [1.807, 2.05) is 24.9 Å². The van der Waals surface area contributed by atoms with Gasteiger partial charge in [-0.3, -0.25) is 4.79 Å². The first-order valence-electron chi connectivity index (χ1n) is 10.2. The predicted octanol–water partition coefficient (Wildman–Crippen LogP) is 3.38. The number of rotatable bonds is 5. The number of carbonyl (C=O) groups is 1. The summed E-state index contributed by atoms with van der Waals surface area (Å²) in [6, 6.07) is 3.86. The SMILES string of the molecule is Cc1cc2c(cc1Cl)C(=O)N2c1nc(N[C@H]2CCNC2)nc(N(C)CC(C)(C)C)n1. The van der Waals surface area contributed by atoms with Gasteiger partial charge in [0.25, 0.3) is 5.91 Å². The van der Waals surface area contributed by atoms with Crippen molar-refractivity contribution in [1.82, 2.24) is 20.3 Å². The van der Waals surface area contributed by atoms with Crippen LogP contribution in [-0.2, 0) is 0 Å². The Morgan fingerprint density at radius 2 is 2.07 bits per heavy atom. The molecule has 2 aliphatic heterocycles. The van der Waals surface area contributed by atoms with E-state index >= 15 is 0 Å². The van der Waals surface area contributed by atoms with Gasteiger partial charge in [0.05, 0.1) is 11.3 Å². The number of halogens is 1. The van der Waals surface area contributed by atoms with Crippen molar-refractivity contribution in [3.05, 3.63) is 28.3 Å². The molecule has 0 aliphatic carbocycles. The van der Waals surface area contributed by atoms with Crippen LogP contribution in [0.15, 0.2) is 12.1 Å². The average molecular weight is 430 g/mol. The Balaban J connectivity index is 1.71. The van der Waals surface area contributed by atoms with Crippen LogP contribution in [0.4, 0.5) is 23.5 Å². The highest BCUT2D eigenvalue weighted by molar-refractivity contribution is 6.33. The van der Waals surface area contributed by atoms with Crippen molar-refractivity contribution >= 4 is 41.0 Å². The summed E-state index contributed by atoms with van der Waals surface area (Å²) in [5.41, 5.74) is 2.33. The lowest BCUT2D eigenvalue weighted by molar-refractivity contribution is 0.0979. The zero-order valence-corrected chi connectivity index (χ0v) is 18.8. The van der Waals surface area contributed by atoms with Crippen molar-refractivity contribution < 1.29 is 4.79 Å². The zero-order valence-electron chi connectivity index (χ0n) is 18.1. The summed E-state index contributed by atoms with van der Waals surface area (Å²) < 4.78 is 0. The van der Waals surface area contributed by atoms with E-state index in [1.165, 1.54) is 4.90 Å². The highest BCUT2D eigenvalue weighted by Gasteiger charge is 2.37. The van der Waals surface area contributed by atoms with Gasteiger partial charge >= 0.3 is 0 Å². The summed E-state index contributed by atoms with van der Waals surface area (Å²) in [4.78, 5) is 30.2. The number of benzene rings is 1. The highest BCUT2D eigenvalue weighted by Crippen LogP contribution is 2.41. The molecule has 0 unspecified atom stereocenters. The molecule has 1 saturated heterocycles. The standard InChI is InChI=1S/C21H28ClN7O/c1-12-8-16-14(9-15(12)22)17(30)29(16)20-26-18(24-13-6-7-23-10-13)25-19(27-20)28(5)11-21(2,3)4/h8-9,13,23H,6-7,10-11H2,1-5H3,(H,24,25,26,27)/t13-/m0/s1. The molecule has 2 N–H and O–H groups in total. The maximum absolute atomic E-state index is 12.8. The van der Waals surface area contributed by atoms with E-state index in [1.54, 1.807) is 6.07 Å². The third-order valence-corrected chi connectivity index (χ3v) is 5.62. The minimum absolute atomic E-state index is 0.0670. The molecule has 160 valence electrons. The van der Waals surface area contributed by atoms with Crippen LogP contribution >= 0.6 is 11.6 Å². The molecular weight excluding hydrogens is 402 g/mol. The minimum Gasteiger partial charge on any atom is -0.350 e. The Labute approximate surface area is 182 Å². The van der Waals surface area contributed by atoms with Gasteiger partial charge in [-0.2, -0.15) is 15.0 Å². The number of amides is 1. The van der Waals surface area contributed by atoms with Crippen LogP contribution in [0.1, 0.15) is 43.1 Å². The van der Waals surface area contributed by atoms with Gasteiger partial charge in [-0.1, -0.05) is 32.4 Å². The number of carbonyl (C=O) groups excluding carboxylic acids is 1. The molecule has 1 aromatic heterocycles. The van der Waals surface area contributed by atoms with E-state index < -0.39 is 0 Å². The van der Waals surface area contributed by atoms with Crippen LogP contribution in [0, 0.1) is 12.3 Å². The van der Waals surface area contributed by atoms with E-state index in [-0.39, 0.29) is 17.4 Å². The fourth-order valence-corrected chi connectivity index (χ4v) is 3.99. The predicted molar refractivity (Wildman–Crippen MR) is 120 cm³/mol. The van der Waals surface area contributed by atoms with Gasteiger partial charge in [0.2, 0.25) is 17.8 Å². The van der Waals surface area contributed by atoms with E-state index in [4.69, 9.17) is 11.6 Å². The number of hydrogen-bond acceptors (Lipinski definition) is 7. The number of aromatic nitrogens is 3. The summed E-state index contributed by atoms with van der Waals surface area (Å²) in [6.07, 6.45) is 0.997. The Morgan fingerprint density at radius 3 is 2.73 bits per heavy atom. The fourth-order valence-electron chi connectivity index (χ4n) is 3.83. The normalized spacial score (nSPS) is 18.3. The van der Waals surface area contributed by atoms with Gasteiger partial charge < -0.3 is 15.5 Å². The van der Waals surface area contributed by atoms with Gasteiger partial charge in [-0.15, -0.1) is 0 Å². The molecular formula is C21H28ClN7O. The number of anilines is 4. The highest BCUT2D eigenvalue weighted by atomic mass is 35.5. The Kier molecular flexibility index (Phi) is 5.32. The van der Waals surface area contributed by atoms with Crippen LogP contribution in [0.5, 0.6) is 0 Å². The molecule has 1 fully saturated rings. The van der Waals surface area contributed by atoms with E-state index in [9.17, 15) is 4.79 Å². The second-order valence-electron chi connectivity index (χ2n) is 9.27. The molecule has 0 spiro atoms. The van der Waals surface area contributed by atoms with Crippen LogP contribution in [0.25, 0.3) is 0 Å². The van der Waals surface area contributed by atoms with Gasteiger partial charge in [-0.25, -0.2) is 4.90 Å². The van der Waals surface area contributed by atoms with Crippen LogP contribution in [0.3, 0.4) is 0 Å². The lowest BCUT2D eigenvalue weighted by Crippen LogP contribution is -2.39. The first-order valence-corrected chi connectivity index (χ1v) is 10.6. The molecule has 30 heavy (non-hydrogen) atoms. The molecule has 0 saturated carbocycles. The minimum atomic E-state index is -0.156. The van der Waals surface area contributed by atoms with Crippen molar-refractivity contribution in [2.24, 2.45) is 5.41 Å². The Morgan fingerprint density at radius 1 is 1.30 bits per heavy atom. The number of nitrogens with zero attached hydrogens (tertiary/aromatic N) is 5. The Bertz CT molecular complexity index is 982. The van der Waals surface area contributed by atoms with Crippen molar-refractivity contribution in [3.8, 4) is 0 Å². The van der Waals surface area contributed by atoms with Crippen LogP contribution in [0.2, 0.25) is 5.02 Å². The molecule has 9 heteroatoms. The molecule has 3 heterocycles. The maximum atomic E-state index is 12.8. The summed E-state index contributed by atoms with van der Waals surface area (Å²) in [6.45, 7) is 11.0. The molecule has 1 amide bonds. The molecule has 1 atom stereocenters. The summed E-state index contributed by atoms with van der Waals surface area (Å²) >= 11 is 6.19. The number of aryl methyl sites for hydroxylation is 1. The molecule has 8 nitrogen and oxygen atoms in total. The van der Waals surface area contributed by atoms with E-state index in [0.29, 0.717) is 28.4 Å². The summed E-state index contributed by atoms with van der Waals surface area (Å²) in [5.74, 6) is 1.19. The van der Waals surface area contributed by atoms with Crippen molar-refractivity contribution in [2.45, 2.75) is 40.2 Å². The van der Waals surface area contributed by atoms with E-state index in [0.717, 1.165) is 37.3 Å². The molecule has 4 rings (SSSR count). The topological polar surface area (TPSA) is 86.3 Å². The molecule has 0 radical (unpaired) electrons. The lowest BCUT2D eigenvalue weighted by atomic mass is 9.96. The fraction of sp³-hybridized carbons (Fsp3) is 0.524. The monoisotopic (exact) mass is 429 g/mol. The molecule has 0 bridgehead atoms. The van der Waals surface area contributed by atoms with E-state index in [2.05, 4.69) is 46.4 Å².